The third-order valence-corrected chi connectivity index (χ3v) is 6.58. The van der Waals surface area contributed by atoms with Crippen molar-refractivity contribution >= 4 is 6.03 Å². The van der Waals surface area contributed by atoms with Gasteiger partial charge in [-0.25, -0.2) is 4.79 Å². The van der Waals surface area contributed by atoms with Crippen LogP contribution in [0.3, 0.4) is 0 Å². The van der Waals surface area contributed by atoms with E-state index in [1.165, 1.54) is 38.5 Å². The average molecular weight is 342 g/mol. The highest BCUT2D eigenvalue weighted by molar-refractivity contribution is 5.75. The number of benzene rings is 1. The Hall–Kier alpha value is -1.55. The predicted octanol–water partition coefficient (Wildman–Crippen LogP) is 3.77. The second-order valence-corrected chi connectivity index (χ2v) is 8.63. The molecule has 0 radical (unpaired) electrons. The van der Waals surface area contributed by atoms with Crippen molar-refractivity contribution < 1.29 is 9.90 Å². The molecule has 4 saturated carbocycles. The van der Waals surface area contributed by atoms with Gasteiger partial charge >= 0.3 is 6.03 Å². The summed E-state index contributed by atoms with van der Waals surface area (Å²) in [4.78, 5) is 12.8. The molecule has 25 heavy (non-hydrogen) atoms. The minimum atomic E-state index is -0.0396. The Balaban J connectivity index is 1.41. The lowest BCUT2D eigenvalue weighted by Gasteiger charge is -2.56. The minimum absolute atomic E-state index is 0.0336. The van der Waals surface area contributed by atoms with Gasteiger partial charge in [0, 0.05) is 12.1 Å². The van der Waals surface area contributed by atoms with Gasteiger partial charge in [-0.15, -0.1) is 0 Å². The Morgan fingerprint density at radius 3 is 2.24 bits per heavy atom. The first-order chi connectivity index (χ1) is 12.2. The van der Waals surface area contributed by atoms with E-state index >= 15 is 0 Å². The monoisotopic (exact) mass is 342 g/mol. The van der Waals surface area contributed by atoms with Gasteiger partial charge in [0.25, 0.3) is 0 Å². The maximum Gasteiger partial charge on any atom is 0.315 e. The lowest BCUT2D eigenvalue weighted by atomic mass is 9.53. The topological polar surface area (TPSA) is 61.4 Å². The first kappa shape index (κ1) is 16.9. The van der Waals surface area contributed by atoms with Crippen LogP contribution in [0.25, 0.3) is 0 Å². The highest BCUT2D eigenvalue weighted by Gasteiger charge is 2.51. The molecule has 1 aromatic rings. The first-order valence-corrected chi connectivity index (χ1v) is 9.90. The van der Waals surface area contributed by atoms with Gasteiger partial charge in [0.05, 0.1) is 6.04 Å². The Bertz CT molecular complexity index is 566. The lowest BCUT2D eigenvalue weighted by Crippen LogP contribution is -2.61. The van der Waals surface area contributed by atoms with Crippen LogP contribution in [0.2, 0.25) is 0 Å². The molecule has 4 aliphatic carbocycles. The molecule has 4 bridgehead atoms. The van der Waals surface area contributed by atoms with Crippen LogP contribution in [-0.4, -0.2) is 23.3 Å². The maximum atomic E-state index is 12.8. The summed E-state index contributed by atoms with van der Waals surface area (Å²) in [6, 6.07) is 10.0. The van der Waals surface area contributed by atoms with Gasteiger partial charge in [0.2, 0.25) is 0 Å². The van der Waals surface area contributed by atoms with Gasteiger partial charge in [-0.1, -0.05) is 30.3 Å². The Morgan fingerprint density at radius 1 is 1.08 bits per heavy atom. The van der Waals surface area contributed by atoms with E-state index < -0.39 is 0 Å². The number of hydrogen-bond acceptors (Lipinski definition) is 2. The van der Waals surface area contributed by atoms with Gasteiger partial charge in [0.15, 0.2) is 0 Å². The number of aliphatic hydroxyl groups excluding tert-OH is 1. The van der Waals surface area contributed by atoms with Crippen LogP contribution in [0.1, 0.15) is 63.0 Å². The van der Waals surface area contributed by atoms with Gasteiger partial charge in [0.1, 0.15) is 0 Å². The van der Waals surface area contributed by atoms with Crippen molar-refractivity contribution in [3.63, 3.8) is 0 Å². The zero-order valence-electron chi connectivity index (χ0n) is 14.9. The highest BCUT2D eigenvalue weighted by atomic mass is 16.3. The number of hydrogen-bond donors (Lipinski definition) is 3. The van der Waals surface area contributed by atoms with Gasteiger partial charge in [-0.3, -0.25) is 0 Å². The Kier molecular flexibility index (Phi) is 4.72. The highest BCUT2D eigenvalue weighted by Crippen LogP contribution is 2.55. The van der Waals surface area contributed by atoms with E-state index in [9.17, 15) is 9.90 Å². The van der Waals surface area contributed by atoms with Crippen molar-refractivity contribution in [1.82, 2.24) is 10.6 Å². The van der Waals surface area contributed by atoms with Crippen molar-refractivity contribution in [3.8, 4) is 0 Å². The molecule has 136 valence electrons. The summed E-state index contributed by atoms with van der Waals surface area (Å²) < 4.78 is 0. The standard InChI is InChI=1S/C21H30N2O2/c24-8-4-7-19(18-5-2-1-3-6-18)22-20(25)23-21-12-15-9-16(13-21)11-17(10-15)14-21/h1-3,5-6,15-17,19,24H,4,7-14H2,(H2,22,23,25). The molecule has 1 atom stereocenters. The lowest BCUT2D eigenvalue weighted by molar-refractivity contribution is -0.0137. The van der Waals surface area contributed by atoms with Crippen LogP contribution in [0.15, 0.2) is 30.3 Å². The summed E-state index contributed by atoms with van der Waals surface area (Å²) in [6.07, 6.45) is 9.09. The van der Waals surface area contributed by atoms with Crippen LogP contribution in [0.5, 0.6) is 0 Å². The fraction of sp³-hybridized carbons (Fsp3) is 0.667. The molecule has 4 heteroatoms. The third-order valence-electron chi connectivity index (χ3n) is 6.58. The summed E-state index contributed by atoms with van der Waals surface area (Å²) in [5, 5.41) is 15.7. The molecule has 0 spiro atoms. The van der Waals surface area contributed by atoms with Crippen molar-refractivity contribution in [2.24, 2.45) is 17.8 Å². The van der Waals surface area contributed by atoms with Gasteiger partial charge in [-0.05, 0) is 74.7 Å². The Labute approximate surface area is 150 Å². The van der Waals surface area contributed by atoms with E-state index in [4.69, 9.17) is 0 Å². The first-order valence-electron chi connectivity index (χ1n) is 9.90. The summed E-state index contributed by atoms with van der Waals surface area (Å²) in [5.74, 6) is 2.47. The van der Waals surface area contributed by atoms with E-state index in [0.29, 0.717) is 6.42 Å². The molecule has 0 heterocycles. The molecule has 2 amide bonds. The minimum Gasteiger partial charge on any atom is -0.396 e. The number of aliphatic hydroxyl groups is 1. The second kappa shape index (κ2) is 6.99. The van der Waals surface area contributed by atoms with E-state index in [1.807, 2.05) is 30.3 Å². The van der Waals surface area contributed by atoms with Crippen molar-refractivity contribution in [2.75, 3.05) is 6.61 Å². The van der Waals surface area contributed by atoms with E-state index in [0.717, 1.165) is 29.7 Å². The third kappa shape index (κ3) is 3.69. The fourth-order valence-corrected chi connectivity index (χ4v) is 6.00. The number of nitrogens with one attached hydrogen (secondary N) is 2. The molecular formula is C21H30N2O2. The second-order valence-electron chi connectivity index (χ2n) is 8.63. The fourth-order valence-electron chi connectivity index (χ4n) is 6.00. The van der Waals surface area contributed by atoms with E-state index in [2.05, 4.69) is 10.6 Å². The zero-order valence-corrected chi connectivity index (χ0v) is 14.9. The smallest absolute Gasteiger partial charge is 0.315 e. The molecule has 5 rings (SSSR count). The molecule has 1 unspecified atom stereocenters. The van der Waals surface area contributed by atoms with E-state index in [-0.39, 0.29) is 24.2 Å². The molecule has 0 saturated heterocycles. The zero-order chi connectivity index (χ0) is 17.3. The molecule has 4 fully saturated rings. The summed E-state index contributed by atoms with van der Waals surface area (Å²) in [6.45, 7) is 0.154. The SMILES string of the molecule is O=C(NC(CCCO)c1ccccc1)NC12CC3CC(CC(C3)C1)C2. The normalized spacial score (nSPS) is 33.9. The summed E-state index contributed by atoms with van der Waals surface area (Å²) in [7, 11) is 0. The maximum absolute atomic E-state index is 12.8. The van der Waals surface area contributed by atoms with Crippen molar-refractivity contribution in [2.45, 2.75) is 62.9 Å². The van der Waals surface area contributed by atoms with Crippen LogP contribution in [0.4, 0.5) is 4.79 Å². The molecule has 4 aliphatic rings. The van der Waals surface area contributed by atoms with Crippen LogP contribution in [0, 0.1) is 17.8 Å². The molecule has 0 aromatic heterocycles. The molecule has 1 aromatic carbocycles. The molecule has 4 nitrogen and oxygen atoms in total. The van der Waals surface area contributed by atoms with Crippen molar-refractivity contribution in [3.05, 3.63) is 35.9 Å². The largest absolute Gasteiger partial charge is 0.396 e. The number of rotatable bonds is 6. The van der Waals surface area contributed by atoms with Crippen LogP contribution in [-0.2, 0) is 0 Å². The number of amides is 2. The Morgan fingerprint density at radius 2 is 1.68 bits per heavy atom. The quantitative estimate of drug-likeness (QED) is 0.737. The van der Waals surface area contributed by atoms with Gasteiger partial charge < -0.3 is 15.7 Å². The molecule has 0 aliphatic heterocycles. The van der Waals surface area contributed by atoms with Crippen LogP contribution < -0.4 is 10.6 Å². The average Bonchev–Trinajstić information content (AvgIpc) is 2.57. The number of urea groups is 1. The molecular weight excluding hydrogens is 312 g/mol. The number of carbonyl (C=O) groups is 1. The predicted molar refractivity (Wildman–Crippen MR) is 98.1 cm³/mol. The van der Waals surface area contributed by atoms with E-state index in [1.54, 1.807) is 0 Å². The number of carbonyl (C=O) groups excluding carboxylic acids is 1. The molecule has 3 N–H and O–H groups in total. The summed E-state index contributed by atoms with van der Waals surface area (Å²) in [5.41, 5.74) is 1.15. The van der Waals surface area contributed by atoms with Crippen LogP contribution >= 0.6 is 0 Å². The summed E-state index contributed by atoms with van der Waals surface area (Å²) >= 11 is 0. The van der Waals surface area contributed by atoms with Crippen molar-refractivity contribution in [1.29, 1.82) is 0 Å². The van der Waals surface area contributed by atoms with Gasteiger partial charge in [-0.2, -0.15) is 0 Å².